The second-order valence-electron chi connectivity index (χ2n) is 11.0. The van der Waals surface area contributed by atoms with E-state index in [1.165, 1.54) is 22.6 Å². The number of aryl methyl sites for hydroxylation is 1. The zero-order valence-corrected chi connectivity index (χ0v) is 22.4. The van der Waals surface area contributed by atoms with Crippen LogP contribution in [0.2, 0.25) is 0 Å². The predicted octanol–water partition coefficient (Wildman–Crippen LogP) is 4.91. The Balaban J connectivity index is 1.21. The van der Waals surface area contributed by atoms with Crippen molar-refractivity contribution in [3.05, 3.63) is 84.7 Å². The third-order valence-electron chi connectivity index (χ3n) is 8.36. The second kappa shape index (κ2) is 10.2. The summed E-state index contributed by atoms with van der Waals surface area (Å²) in [5.41, 5.74) is 1.65. The number of aromatic amines is 1. The van der Waals surface area contributed by atoms with Crippen LogP contribution in [0.15, 0.2) is 40.5 Å². The zero-order valence-electron chi connectivity index (χ0n) is 21.6. The van der Waals surface area contributed by atoms with Gasteiger partial charge in [-0.2, -0.15) is 13.2 Å². The van der Waals surface area contributed by atoms with Gasteiger partial charge in [-0.1, -0.05) is 18.2 Å². The molecule has 2 aliphatic heterocycles. The Kier molecular flexibility index (Phi) is 6.87. The van der Waals surface area contributed by atoms with Crippen molar-refractivity contribution in [3.8, 4) is 0 Å². The molecule has 1 aromatic carbocycles. The lowest BCUT2D eigenvalue weighted by Crippen LogP contribution is -2.34. The van der Waals surface area contributed by atoms with E-state index in [4.69, 9.17) is 4.98 Å². The average Bonchev–Trinajstić information content (AvgIpc) is 3.63. The number of nitrogens with one attached hydrogen (secondary N) is 2. The average molecular weight is 557 g/mol. The Morgan fingerprint density at radius 3 is 2.72 bits per heavy atom. The number of piperidine rings is 1. The fourth-order valence-corrected chi connectivity index (χ4v) is 7.16. The number of hydrogen-bond donors (Lipinski definition) is 2. The lowest BCUT2D eigenvalue weighted by molar-refractivity contribution is -0.138. The number of nitrogens with zero attached hydrogens (tertiary/aromatic N) is 2. The van der Waals surface area contributed by atoms with E-state index >= 15 is 0 Å². The number of carbonyl (C=O) groups is 1. The highest BCUT2D eigenvalue weighted by Crippen LogP contribution is 2.54. The van der Waals surface area contributed by atoms with Gasteiger partial charge in [0.1, 0.15) is 5.82 Å². The molecule has 0 bridgehead atoms. The molecule has 1 saturated carbocycles. The minimum Gasteiger partial charge on any atom is -0.338 e. The second-order valence-corrected chi connectivity index (χ2v) is 11.9. The highest BCUT2D eigenvalue weighted by atomic mass is 32.1. The maximum absolute atomic E-state index is 13.3. The molecule has 6 nitrogen and oxygen atoms in total. The SMILES string of the molecule is O=C(Cc1cccc(C(F)(F)F)c1)N1CCCc2nc(C3(c4cc(C5CCNCC5)cs4)CC3)[nH]c(=O)c2C1. The van der Waals surface area contributed by atoms with Crippen LogP contribution in [0.1, 0.15) is 76.7 Å². The number of alkyl halides is 3. The van der Waals surface area contributed by atoms with E-state index in [1.807, 2.05) is 0 Å². The molecule has 0 unspecified atom stereocenters. The maximum Gasteiger partial charge on any atom is 0.416 e. The number of thiophene rings is 1. The van der Waals surface area contributed by atoms with Crippen molar-refractivity contribution >= 4 is 17.2 Å². The van der Waals surface area contributed by atoms with E-state index < -0.39 is 11.7 Å². The Bertz CT molecular complexity index is 1440. The van der Waals surface area contributed by atoms with Crippen molar-refractivity contribution in [3.63, 3.8) is 0 Å². The topological polar surface area (TPSA) is 78.1 Å². The molecule has 1 amide bonds. The first-order valence-corrected chi connectivity index (χ1v) is 14.5. The summed E-state index contributed by atoms with van der Waals surface area (Å²) in [7, 11) is 0. The summed E-state index contributed by atoms with van der Waals surface area (Å²) in [5, 5.41) is 5.68. The van der Waals surface area contributed by atoms with Gasteiger partial charge in [0, 0.05) is 11.4 Å². The van der Waals surface area contributed by atoms with E-state index in [2.05, 4.69) is 21.7 Å². The highest BCUT2D eigenvalue weighted by Gasteiger charge is 2.50. The molecule has 2 aromatic heterocycles. The van der Waals surface area contributed by atoms with Gasteiger partial charge in [0.05, 0.1) is 35.2 Å². The Morgan fingerprint density at radius 2 is 1.97 bits per heavy atom. The van der Waals surface area contributed by atoms with Crippen molar-refractivity contribution in [1.29, 1.82) is 0 Å². The number of carbonyl (C=O) groups excluding carboxylic acids is 1. The van der Waals surface area contributed by atoms with Crippen LogP contribution in [0.3, 0.4) is 0 Å². The van der Waals surface area contributed by atoms with Crippen molar-refractivity contribution < 1.29 is 18.0 Å². The Labute approximate surface area is 228 Å². The van der Waals surface area contributed by atoms with Gasteiger partial charge >= 0.3 is 6.18 Å². The molecule has 1 aliphatic carbocycles. The van der Waals surface area contributed by atoms with Crippen LogP contribution < -0.4 is 10.9 Å². The summed E-state index contributed by atoms with van der Waals surface area (Å²) < 4.78 is 39.3. The van der Waals surface area contributed by atoms with E-state index in [0.29, 0.717) is 42.3 Å². The molecule has 4 heterocycles. The number of halogens is 3. The molecule has 3 aliphatic rings. The van der Waals surface area contributed by atoms with Gasteiger partial charge in [0.2, 0.25) is 5.91 Å². The van der Waals surface area contributed by atoms with Gasteiger partial charge in [-0.3, -0.25) is 9.59 Å². The largest absolute Gasteiger partial charge is 0.416 e. The molecular formula is C29H31F3N4O2S. The van der Waals surface area contributed by atoms with E-state index in [-0.39, 0.29) is 29.8 Å². The number of H-pyrrole nitrogens is 1. The summed E-state index contributed by atoms with van der Waals surface area (Å²) in [5.74, 6) is 0.993. The summed E-state index contributed by atoms with van der Waals surface area (Å²) >= 11 is 1.76. The fourth-order valence-electron chi connectivity index (χ4n) is 5.90. The van der Waals surface area contributed by atoms with E-state index in [0.717, 1.165) is 56.6 Å². The normalized spacial score (nSPS) is 19.4. The molecule has 1 saturated heterocycles. The quantitative estimate of drug-likeness (QED) is 0.468. The van der Waals surface area contributed by atoms with Crippen LogP contribution in [0.5, 0.6) is 0 Å². The minimum atomic E-state index is -4.46. The molecule has 0 spiro atoms. The van der Waals surface area contributed by atoms with Crippen LogP contribution in [0, 0.1) is 0 Å². The van der Waals surface area contributed by atoms with Gasteiger partial charge in [-0.15, -0.1) is 11.3 Å². The Hall–Kier alpha value is -2.98. The maximum atomic E-state index is 13.3. The van der Waals surface area contributed by atoms with E-state index in [9.17, 15) is 22.8 Å². The lowest BCUT2D eigenvalue weighted by Gasteiger charge is -2.22. The molecular weight excluding hydrogens is 525 g/mol. The third kappa shape index (κ3) is 5.28. The first kappa shape index (κ1) is 26.3. The third-order valence-corrected chi connectivity index (χ3v) is 9.51. The van der Waals surface area contributed by atoms with Gasteiger partial charge in [-0.25, -0.2) is 4.98 Å². The molecule has 0 atom stereocenters. The Morgan fingerprint density at radius 1 is 1.18 bits per heavy atom. The van der Waals surface area contributed by atoms with Crippen LogP contribution in [-0.4, -0.2) is 40.4 Å². The van der Waals surface area contributed by atoms with Crippen LogP contribution in [0.4, 0.5) is 13.2 Å². The van der Waals surface area contributed by atoms with Gasteiger partial charge in [0.15, 0.2) is 0 Å². The molecule has 6 rings (SSSR count). The van der Waals surface area contributed by atoms with Crippen molar-refractivity contribution in [1.82, 2.24) is 20.2 Å². The molecule has 2 N–H and O–H groups in total. The predicted molar refractivity (Wildman–Crippen MR) is 143 cm³/mol. The minimum absolute atomic E-state index is 0.113. The summed E-state index contributed by atoms with van der Waals surface area (Å²) in [6, 6.07) is 7.16. The molecule has 206 valence electrons. The smallest absolute Gasteiger partial charge is 0.338 e. The highest BCUT2D eigenvalue weighted by molar-refractivity contribution is 7.10. The van der Waals surface area contributed by atoms with Crippen molar-refractivity contribution in [2.75, 3.05) is 19.6 Å². The summed E-state index contributed by atoms with van der Waals surface area (Å²) in [4.78, 5) is 37.2. The van der Waals surface area contributed by atoms with Crippen LogP contribution >= 0.6 is 11.3 Å². The van der Waals surface area contributed by atoms with Gasteiger partial charge in [-0.05, 0) is 86.2 Å². The number of benzene rings is 1. The first-order chi connectivity index (χ1) is 18.7. The monoisotopic (exact) mass is 556 g/mol. The molecule has 3 aromatic rings. The van der Waals surface area contributed by atoms with E-state index in [1.54, 1.807) is 16.2 Å². The molecule has 10 heteroatoms. The van der Waals surface area contributed by atoms with Gasteiger partial charge in [0.25, 0.3) is 5.56 Å². The standard InChI is InChI=1S/C29H31F3N4O2S/c30-29(31,32)21-4-1-3-18(13-21)14-25(37)36-12-2-5-23-22(16-36)26(38)35-27(34-23)28(8-9-28)24-15-20(17-39-24)19-6-10-33-11-7-19/h1,3-4,13,15,17,19,33H,2,5-12,14,16H2,(H,34,35,38). The summed E-state index contributed by atoms with van der Waals surface area (Å²) in [6.45, 7) is 2.63. The van der Waals surface area contributed by atoms with Crippen molar-refractivity contribution in [2.24, 2.45) is 0 Å². The first-order valence-electron chi connectivity index (χ1n) is 13.6. The number of hydrogen-bond acceptors (Lipinski definition) is 5. The zero-order chi connectivity index (χ0) is 27.2. The van der Waals surface area contributed by atoms with Crippen LogP contribution in [-0.2, 0) is 35.8 Å². The number of rotatable bonds is 5. The van der Waals surface area contributed by atoms with Gasteiger partial charge < -0.3 is 15.2 Å². The van der Waals surface area contributed by atoms with Crippen molar-refractivity contribution in [2.45, 2.75) is 69.0 Å². The number of amides is 1. The molecule has 0 radical (unpaired) electrons. The van der Waals surface area contributed by atoms with Crippen LogP contribution in [0.25, 0.3) is 0 Å². The number of aromatic nitrogens is 2. The molecule has 39 heavy (non-hydrogen) atoms. The number of fused-ring (bicyclic) bond motifs is 1. The fraction of sp³-hybridized carbons (Fsp3) is 0.483. The molecule has 2 fully saturated rings. The lowest BCUT2D eigenvalue weighted by atomic mass is 9.91. The summed E-state index contributed by atoms with van der Waals surface area (Å²) in [6.07, 6.45) is 0.784.